The molecule has 0 spiro atoms. The maximum atomic E-state index is 12.9. The van der Waals surface area contributed by atoms with Crippen LogP contribution in [0.1, 0.15) is 40.2 Å². The molecule has 1 amide bonds. The van der Waals surface area contributed by atoms with E-state index in [1.54, 1.807) is 12.4 Å². The Balaban J connectivity index is 1.61. The average Bonchev–Trinajstić information content (AvgIpc) is 3.29. The highest BCUT2D eigenvalue weighted by Gasteiger charge is 2.36. The molecule has 0 N–H and O–H groups in total. The van der Waals surface area contributed by atoms with Crippen LogP contribution in [-0.2, 0) is 4.74 Å². The van der Waals surface area contributed by atoms with E-state index in [0.29, 0.717) is 18.7 Å². The van der Waals surface area contributed by atoms with Crippen LogP contribution in [0.3, 0.4) is 0 Å². The fourth-order valence-electron chi connectivity index (χ4n) is 5.02. The zero-order chi connectivity index (χ0) is 27.0. The molecule has 4 aromatic rings. The lowest BCUT2D eigenvalue weighted by Crippen LogP contribution is -2.59. The highest BCUT2D eigenvalue weighted by molar-refractivity contribution is 6.02. The predicted molar refractivity (Wildman–Crippen MR) is 148 cm³/mol. The molecule has 1 aliphatic rings. The van der Waals surface area contributed by atoms with Crippen LogP contribution in [0.2, 0.25) is 0 Å². The molecular formula is C30H32N6O2. The summed E-state index contributed by atoms with van der Waals surface area (Å²) in [7, 11) is 0. The number of ether oxygens (including phenoxy) is 1. The third-order valence-electron chi connectivity index (χ3n) is 6.79. The molecule has 2 atom stereocenters. The number of carbonyl (C=O) groups excluding carboxylic acids is 1. The highest BCUT2D eigenvalue weighted by atomic mass is 16.6. The lowest BCUT2D eigenvalue weighted by molar-refractivity contribution is 0.0130. The summed E-state index contributed by atoms with van der Waals surface area (Å²) in [5.74, 6) is 0.826. The normalized spacial score (nSPS) is 17.9. The third kappa shape index (κ3) is 4.80. The topological polar surface area (TPSA) is 87.3 Å². The summed E-state index contributed by atoms with van der Waals surface area (Å²) in [5, 5.41) is 10.4. The van der Waals surface area contributed by atoms with Gasteiger partial charge in [0, 0.05) is 42.6 Å². The van der Waals surface area contributed by atoms with Crippen molar-refractivity contribution in [1.29, 1.82) is 5.26 Å². The molecule has 0 radical (unpaired) electrons. The average molecular weight is 509 g/mol. The minimum absolute atomic E-state index is 0.00529. The van der Waals surface area contributed by atoms with Gasteiger partial charge in [0.05, 0.1) is 17.0 Å². The van der Waals surface area contributed by atoms with Crippen molar-refractivity contribution in [3.05, 3.63) is 72.7 Å². The first kappa shape index (κ1) is 25.3. The standard InChI is InChI=1S/C30H32N6O2/c1-20-17-35(29(37)38-30(3,4)5)21(2)16-34(20)27-26-25(23-11-7-6-8-12-23)18-36(28(26)33-19-32-27)24-13-9-10-22(14-24)15-31/h6-14,18-21H,16-17H2,1-5H3/t20-,21+/m0/s1. The summed E-state index contributed by atoms with van der Waals surface area (Å²) >= 11 is 0. The van der Waals surface area contributed by atoms with Gasteiger partial charge in [-0.3, -0.25) is 0 Å². The number of benzene rings is 2. The lowest BCUT2D eigenvalue weighted by atomic mass is 10.0. The Kier molecular flexibility index (Phi) is 6.53. The number of carbonyl (C=O) groups is 1. The van der Waals surface area contributed by atoms with Crippen molar-refractivity contribution >= 4 is 22.9 Å². The summed E-state index contributed by atoms with van der Waals surface area (Å²) in [4.78, 5) is 26.5. The van der Waals surface area contributed by atoms with Crippen LogP contribution in [0.15, 0.2) is 67.1 Å². The molecule has 1 fully saturated rings. The van der Waals surface area contributed by atoms with Crippen molar-refractivity contribution in [3.8, 4) is 22.9 Å². The van der Waals surface area contributed by atoms with Gasteiger partial charge in [-0.2, -0.15) is 5.26 Å². The smallest absolute Gasteiger partial charge is 0.410 e. The summed E-state index contributed by atoms with van der Waals surface area (Å²) < 4.78 is 7.69. The molecule has 0 aliphatic carbocycles. The number of fused-ring (bicyclic) bond motifs is 1. The van der Waals surface area contributed by atoms with Gasteiger partial charge in [0.25, 0.3) is 0 Å². The first-order chi connectivity index (χ1) is 18.2. The second-order valence-corrected chi connectivity index (χ2v) is 10.8. The van der Waals surface area contributed by atoms with E-state index in [9.17, 15) is 10.1 Å². The van der Waals surface area contributed by atoms with Crippen LogP contribution in [0.5, 0.6) is 0 Å². The molecule has 1 aliphatic heterocycles. The van der Waals surface area contributed by atoms with E-state index in [4.69, 9.17) is 14.7 Å². The van der Waals surface area contributed by atoms with Gasteiger partial charge in [-0.15, -0.1) is 0 Å². The lowest BCUT2D eigenvalue weighted by Gasteiger charge is -2.44. The Morgan fingerprint density at radius 1 is 1.03 bits per heavy atom. The molecule has 38 heavy (non-hydrogen) atoms. The van der Waals surface area contributed by atoms with Gasteiger partial charge in [0.15, 0.2) is 5.65 Å². The first-order valence-corrected chi connectivity index (χ1v) is 12.8. The van der Waals surface area contributed by atoms with Gasteiger partial charge in [-0.25, -0.2) is 14.8 Å². The molecule has 194 valence electrons. The van der Waals surface area contributed by atoms with E-state index in [0.717, 1.165) is 33.7 Å². The third-order valence-corrected chi connectivity index (χ3v) is 6.79. The van der Waals surface area contributed by atoms with E-state index in [1.807, 2.05) is 73.6 Å². The summed E-state index contributed by atoms with van der Waals surface area (Å²) in [6.45, 7) is 10.9. The number of aromatic nitrogens is 3. The SMILES string of the molecule is C[C@@H]1CN(c2ncnc3c2c(-c2ccccc2)cn3-c2cccc(C#N)c2)[C@@H](C)CN1C(=O)OC(C)(C)C. The number of hydrogen-bond donors (Lipinski definition) is 0. The maximum absolute atomic E-state index is 12.9. The number of rotatable bonds is 3. The number of anilines is 1. The first-order valence-electron chi connectivity index (χ1n) is 12.8. The minimum Gasteiger partial charge on any atom is -0.444 e. The molecular weight excluding hydrogens is 476 g/mol. The summed E-state index contributed by atoms with van der Waals surface area (Å²) in [5.41, 5.74) is 3.72. The van der Waals surface area contributed by atoms with Gasteiger partial charge in [0.2, 0.25) is 0 Å². The number of nitriles is 1. The van der Waals surface area contributed by atoms with E-state index >= 15 is 0 Å². The molecule has 0 unspecified atom stereocenters. The second-order valence-electron chi connectivity index (χ2n) is 10.8. The molecule has 1 saturated heterocycles. The summed E-state index contributed by atoms with van der Waals surface area (Å²) in [6, 6.07) is 19.9. The Labute approximate surface area is 223 Å². The molecule has 2 aromatic heterocycles. The van der Waals surface area contributed by atoms with E-state index in [-0.39, 0.29) is 18.2 Å². The second kappa shape index (κ2) is 9.82. The minimum atomic E-state index is -0.549. The van der Waals surface area contributed by atoms with Gasteiger partial charge >= 0.3 is 6.09 Å². The van der Waals surface area contributed by atoms with Crippen molar-refractivity contribution in [2.45, 2.75) is 52.3 Å². The number of amides is 1. The monoisotopic (exact) mass is 508 g/mol. The molecule has 8 heteroatoms. The molecule has 0 bridgehead atoms. The Morgan fingerprint density at radius 2 is 1.79 bits per heavy atom. The highest BCUT2D eigenvalue weighted by Crippen LogP contribution is 2.38. The number of hydrogen-bond acceptors (Lipinski definition) is 6. The van der Waals surface area contributed by atoms with Crippen molar-refractivity contribution in [3.63, 3.8) is 0 Å². The van der Waals surface area contributed by atoms with Crippen LogP contribution in [0, 0.1) is 11.3 Å². The Bertz CT molecular complexity index is 1520. The predicted octanol–water partition coefficient (Wildman–Crippen LogP) is 5.79. The summed E-state index contributed by atoms with van der Waals surface area (Å²) in [6.07, 6.45) is 3.37. The van der Waals surface area contributed by atoms with Gasteiger partial charge in [-0.1, -0.05) is 36.4 Å². The van der Waals surface area contributed by atoms with Gasteiger partial charge < -0.3 is 19.1 Å². The van der Waals surface area contributed by atoms with Crippen molar-refractivity contribution in [1.82, 2.24) is 19.4 Å². The molecule has 3 heterocycles. The molecule has 2 aromatic carbocycles. The van der Waals surface area contributed by atoms with Gasteiger partial charge in [-0.05, 0) is 58.4 Å². The Morgan fingerprint density at radius 3 is 2.50 bits per heavy atom. The fourth-order valence-corrected chi connectivity index (χ4v) is 5.02. The molecule has 0 saturated carbocycles. The van der Waals surface area contributed by atoms with Crippen LogP contribution < -0.4 is 4.90 Å². The van der Waals surface area contributed by atoms with Crippen molar-refractivity contribution in [2.75, 3.05) is 18.0 Å². The maximum Gasteiger partial charge on any atom is 0.410 e. The quantitative estimate of drug-likeness (QED) is 0.348. The van der Waals surface area contributed by atoms with Gasteiger partial charge in [0.1, 0.15) is 17.7 Å². The van der Waals surface area contributed by atoms with Crippen LogP contribution >= 0.6 is 0 Å². The zero-order valence-corrected chi connectivity index (χ0v) is 22.4. The zero-order valence-electron chi connectivity index (χ0n) is 22.4. The van der Waals surface area contributed by atoms with Crippen LogP contribution in [-0.4, -0.2) is 56.3 Å². The molecule has 5 rings (SSSR count). The van der Waals surface area contributed by atoms with Crippen molar-refractivity contribution in [2.24, 2.45) is 0 Å². The van der Waals surface area contributed by atoms with E-state index in [2.05, 4.69) is 36.2 Å². The van der Waals surface area contributed by atoms with E-state index < -0.39 is 5.60 Å². The van der Waals surface area contributed by atoms with Crippen LogP contribution in [0.4, 0.5) is 10.6 Å². The number of piperazine rings is 1. The largest absolute Gasteiger partial charge is 0.444 e. The van der Waals surface area contributed by atoms with Crippen molar-refractivity contribution < 1.29 is 9.53 Å². The number of nitrogens with zero attached hydrogens (tertiary/aromatic N) is 6. The van der Waals surface area contributed by atoms with E-state index in [1.165, 1.54) is 0 Å². The molecule has 8 nitrogen and oxygen atoms in total. The fraction of sp³-hybridized carbons (Fsp3) is 0.333. The Hall–Kier alpha value is -4.38. The van der Waals surface area contributed by atoms with Crippen LogP contribution in [0.25, 0.3) is 27.8 Å².